The molecule has 0 unspecified atom stereocenters. The minimum absolute atomic E-state index is 0.599. The Kier molecular flexibility index (Phi) is 9.99. The molecule has 0 atom stereocenters. The summed E-state index contributed by atoms with van der Waals surface area (Å²) < 4.78 is 0. The van der Waals surface area contributed by atoms with Crippen molar-refractivity contribution in [2.24, 2.45) is 0 Å². The average molecular weight is 966 g/mol. The van der Waals surface area contributed by atoms with Gasteiger partial charge in [-0.2, -0.15) is 0 Å². The summed E-state index contributed by atoms with van der Waals surface area (Å²) in [4.78, 5) is 2.65. The highest BCUT2D eigenvalue weighted by atomic mass is 15.2. The second-order valence-electron chi connectivity index (χ2n) is 20.5. The maximum atomic E-state index is 2.65. The zero-order valence-corrected chi connectivity index (χ0v) is 41.9. The van der Waals surface area contributed by atoms with Crippen LogP contribution in [-0.2, 0) is 16.2 Å². The van der Waals surface area contributed by atoms with Crippen molar-refractivity contribution in [2.75, 3.05) is 4.90 Å². The van der Waals surface area contributed by atoms with Gasteiger partial charge < -0.3 is 4.90 Å². The first kappa shape index (κ1) is 44.0. The summed E-state index contributed by atoms with van der Waals surface area (Å²) in [7, 11) is 0. The van der Waals surface area contributed by atoms with E-state index in [2.05, 4.69) is 314 Å². The van der Waals surface area contributed by atoms with Gasteiger partial charge in [0.25, 0.3) is 0 Å². The van der Waals surface area contributed by atoms with Gasteiger partial charge in [-0.15, -0.1) is 0 Å². The summed E-state index contributed by atoms with van der Waals surface area (Å²) in [6.45, 7) is 0. The lowest BCUT2D eigenvalue weighted by Crippen LogP contribution is -2.31. The number of anilines is 3. The van der Waals surface area contributed by atoms with E-state index in [0.29, 0.717) is 0 Å². The second kappa shape index (κ2) is 17.3. The van der Waals surface area contributed by atoms with Crippen LogP contribution in [0, 0.1) is 0 Å². The molecule has 0 heterocycles. The van der Waals surface area contributed by atoms with Crippen molar-refractivity contribution in [3.05, 3.63) is 376 Å². The smallest absolute Gasteiger partial charge is 0.0734 e. The monoisotopic (exact) mass is 965 g/mol. The van der Waals surface area contributed by atoms with Crippen LogP contribution in [0.5, 0.6) is 0 Å². The van der Waals surface area contributed by atoms with Crippen LogP contribution in [0.3, 0.4) is 0 Å². The number of hydrogen-bond donors (Lipinski definition) is 0. The normalized spacial score (nSPS) is 14.4. The highest BCUT2D eigenvalue weighted by molar-refractivity contribution is 6.01. The quantitative estimate of drug-likeness (QED) is 0.139. The van der Waals surface area contributed by atoms with Crippen molar-refractivity contribution in [3.63, 3.8) is 0 Å². The van der Waals surface area contributed by atoms with Gasteiger partial charge in [0.2, 0.25) is 0 Å². The molecule has 0 amide bonds. The van der Waals surface area contributed by atoms with E-state index in [-0.39, 0.29) is 0 Å². The standard InChI is InChI=1S/C75H51N/c1-7-27-52(28-8-1)73(53-29-9-2-10-30-53)66-45-24-21-41-63(66)71-67(73)46-26-47-69(71)76(58-49-50-61-59-39-19-22-43-64(59)74(68(61)51-58,54-31-11-3-12-32-54)55-33-13-4-14-34-55)70-48-25-42-62-60-40-20-23-44-65(60)75(72(62)70,56-35-15-5-16-36-56)57-37-17-6-18-38-57/h1-51H. The van der Waals surface area contributed by atoms with Crippen LogP contribution >= 0.6 is 0 Å². The summed E-state index contributed by atoms with van der Waals surface area (Å²) in [6.07, 6.45) is 0. The average Bonchev–Trinajstić information content (AvgIpc) is 4.28. The topological polar surface area (TPSA) is 3.24 Å². The molecule has 1 nitrogen and oxygen atoms in total. The number of fused-ring (bicyclic) bond motifs is 9. The molecule has 0 saturated carbocycles. The lowest BCUT2D eigenvalue weighted by molar-refractivity contribution is 0.765. The van der Waals surface area contributed by atoms with E-state index < -0.39 is 16.2 Å². The maximum Gasteiger partial charge on any atom is 0.0734 e. The van der Waals surface area contributed by atoms with Crippen molar-refractivity contribution in [3.8, 4) is 33.4 Å². The van der Waals surface area contributed by atoms with Gasteiger partial charge in [0.1, 0.15) is 0 Å². The Bertz CT molecular complexity index is 4030. The molecule has 0 radical (unpaired) electrons. The van der Waals surface area contributed by atoms with Crippen LogP contribution in [0.1, 0.15) is 66.8 Å². The molecule has 356 valence electrons. The Morgan fingerprint density at radius 1 is 0.211 bits per heavy atom. The zero-order chi connectivity index (χ0) is 50.3. The van der Waals surface area contributed by atoms with Crippen LogP contribution in [0.2, 0.25) is 0 Å². The molecule has 0 N–H and O–H groups in total. The third kappa shape index (κ3) is 5.97. The van der Waals surface area contributed by atoms with Crippen molar-refractivity contribution < 1.29 is 0 Å². The molecule has 12 aromatic carbocycles. The first-order valence-electron chi connectivity index (χ1n) is 26.6. The molecule has 15 rings (SSSR count). The summed E-state index contributed by atoms with van der Waals surface area (Å²) in [6, 6.07) is 116. The molecule has 0 spiro atoms. The summed E-state index contributed by atoms with van der Waals surface area (Å²) in [5.74, 6) is 0. The van der Waals surface area contributed by atoms with Crippen molar-refractivity contribution in [1.29, 1.82) is 0 Å². The Hall–Kier alpha value is -9.56. The van der Waals surface area contributed by atoms with E-state index in [9.17, 15) is 0 Å². The van der Waals surface area contributed by atoms with Crippen LogP contribution in [0.4, 0.5) is 17.1 Å². The Morgan fingerprint density at radius 3 is 1.04 bits per heavy atom. The van der Waals surface area contributed by atoms with Gasteiger partial charge in [0.15, 0.2) is 0 Å². The fraction of sp³-hybridized carbons (Fsp3) is 0.0400. The number of benzene rings is 12. The SMILES string of the molecule is c1ccc(C2(c3ccccc3)c3ccccc3-c3ccc(N(c4cccc5c4-c4ccccc4C5(c4ccccc4)c4ccccc4)c4cccc5c4C(c4ccccc4)(c4ccccc4)c4ccccc4-5)cc32)cc1. The lowest BCUT2D eigenvalue weighted by atomic mass is 9.67. The van der Waals surface area contributed by atoms with E-state index in [1.54, 1.807) is 0 Å². The van der Waals surface area contributed by atoms with Crippen molar-refractivity contribution in [1.82, 2.24) is 0 Å². The van der Waals surface area contributed by atoms with Gasteiger partial charge in [0.05, 0.1) is 27.6 Å². The molecular weight excluding hydrogens is 915 g/mol. The summed E-state index contributed by atoms with van der Waals surface area (Å²) in [5.41, 5.74) is 24.0. The lowest BCUT2D eigenvalue weighted by Gasteiger charge is -2.39. The minimum Gasteiger partial charge on any atom is -0.309 e. The van der Waals surface area contributed by atoms with E-state index in [4.69, 9.17) is 0 Å². The van der Waals surface area contributed by atoms with Crippen LogP contribution in [0.15, 0.2) is 309 Å². The van der Waals surface area contributed by atoms with Crippen molar-refractivity contribution in [2.45, 2.75) is 16.2 Å². The number of nitrogens with zero attached hydrogens (tertiary/aromatic N) is 1. The first-order chi connectivity index (χ1) is 37.7. The van der Waals surface area contributed by atoms with Crippen molar-refractivity contribution >= 4 is 17.1 Å². The number of rotatable bonds is 9. The fourth-order valence-electron chi connectivity index (χ4n) is 14.3. The van der Waals surface area contributed by atoms with Crippen LogP contribution < -0.4 is 4.90 Å². The van der Waals surface area contributed by atoms with E-state index in [1.165, 1.54) is 100 Å². The molecule has 3 aliphatic rings. The molecule has 0 fully saturated rings. The molecule has 0 aliphatic heterocycles. The molecule has 0 bridgehead atoms. The molecule has 1 heteroatoms. The maximum absolute atomic E-state index is 2.65. The third-order valence-corrected chi connectivity index (χ3v) is 17.1. The largest absolute Gasteiger partial charge is 0.309 e. The van der Waals surface area contributed by atoms with Gasteiger partial charge in [0, 0.05) is 16.8 Å². The summed E-state index contributed by atoms with van der Waals surface area (Å²) >= 11 is 0. The molecule has 12 aromatic rings. The predicted molar refractivity (Wildman–Crippen MR) is 313 cm³/mol. The Balaban J connectivity index is 1.10. The fourth-order valence-corrected chi connectivity index (χ4v) is 14.3. The molecule has 0 saturated heterocycles. The Labute approximate surface area is 445 Å². The second-order valence-corrected chi connectivity index (χ2v) is 20.5. The molecule has 0 aromatic heterocycles. The van der Waals surface area contributed by atoms with Gasteiger partial charge in [-0.05, 0) is 113 Å². The first-order valence-corrected chi connectivity index (χ1v) is 26.6. The summed E-state index contributed by atoms with van der Waals surface area (Å²) in [5, 5.41) is 0. The van der Waals surface area contributed by atoms with Gasteiger partial charge in [-0.1, -0.05) is 285 Å². The zero-order valence-electron chi connectivity index (χ0n) is 41.9. The van der Waals surface area contributed by atoms with Gasteiger partial charge in [-0.25, -0.2) is 0 Å². The molecule has 76 heavy (non-hydrogen) atoms. The Morgan fingerprint density at radius 2 is 0.539 bits per heavy atom. The molecule has 3 aliphatic carbocycles. The minimum atomic E-state index is -0.679. The predicted octanol–water partition coefficient (Wildman–Crippen LogP) is 18.2. The van der Waals surface area contributed by atoms with Gasteiger partial charge >= 0.3 is 0 Å². The van der Waals surface area contributed by atoms with Crippen LogP contribution in [-0.4, -0.2) is 0 Å². The third-order valence-electron chi connectivity index (χ3n) is 17.1. The van der Waals surface area contributed by atoms with E-state index in [1.807, 2.05) is 0 Å². The van der Waals surface area contributed by atoms with Gasteiger partial charge in [-0.3, -0.25) is 0 Å². The van der Waals surface area contributed by atoms with E-state index in [0.717, 1.165) is 17.1 Å². The van der Waals surface area contributed by atoms with E-state index >= 15 is 0 Å². The highest BCUT2D eigenvalue weighted by Gasteiger charge is 2.52. The molecular formula is C75H51N. The van der Waals surface area contributed by atoms with Crippen LogP contribution in [0.25, 0.3) is 33.4 Å². The highest BCUT2D eigenvalue weighted by Crippen LogP contribution is 2.64. The number of hydrogen-bond acceptors (Lipinski definition) is 1.